The van der Waals surface area contributed by atoms with E-state index >= 15 is 0 Å². The van der Waals surface area contributed by atoms with Gasteiger partial charge in [-0.05, 0) is 43.7 Å². The van der Waals surface area contributed by atoms with Crippen LogP contribution in [0.5, 0.6) is 17.2 Å². The van der Waals surface area contributed by atoms with Crippen LogP contribution >= 0.6 is 0 Å². The molecule has 7 atom stereocenters. The summed E-state index contributed by atoms with van der Waals surface area (Å²) < 4.78 is 17.7. The first kappa shape index (κ1) is 27.8. The maximum Gasteiger partial charge on any atom is 0.338 e. The number of rotatable bonds is 3. The Bertz CT molecular complexity index is 2070. The van der Waals surface area contributed by atoms with Crippen LogP contribution in [0.3, 0.4) is 0 Å². The molecule has 1 aliphatic carbocycles. The summed E-state index contributed by atoms with van der Waals surface area (Å²) in [5.41, 5.74) is 2.39. The Balaban J connectivity index is 1.30. The fourth-order valence-electron chi connectivity index (χ4n) is 6.56. The van der Waals surface area contributed by atoms with Crippen molar-refractivity contribution in [2.24, 2.45) is 0 Å². The van der Waals surface area contributed by atoms with Gasteiger partial charge < -0.3 is 44.8 Å². The molecule has 1 saturated heterocycles. The highest BCUT2D eigenvalue weighted by atomic mass is 16.7. The number of aliphatic hydroxyl groups excluding tert-OH is 3. The number of hydrogen-bond acceptors (Lipinski definition) is 13. The third kappa shape index (κ3) is 4.11. The molecule has 8 rings (SSSR count). The summed E-state index contributed by atoms with van der Waals surface area (Å²) in [5.74, 6) is -3.54. The van der Waals surface area contributed by atoms with Crippen LogP contribution < -0.4 is 9.47 Å². The predicted octanol–water partition coefficient (Wildman–Crippen LogP) is 1.60. The number of hydrogen-bond donors (Lipinski definition) is 6. The van der Waals surface area contributed by atoms with Crippen molar-refractivity contribution in [1.82, 2.24) is 19.9 Å². The maximum atomic E-state index is 12.5. The molecule has 14 nitrogen and oxygen atoms in total. The van der Waals surface area contributed by atoms with Crippen molar-refractivity contribution in [2.75, 3.05) is 0 Å². The molecule has 1 fully saturated rings. The third-order valence-corrected chi connectivity index (χ3v) is 8.76. The Kier molecular flexibility index (Phi) is 5.95. The van der Waals surface area contributed by atoms with Gasteiger partial charge in [0, 0.05) is 17.9 Å². The molecule has 3 aliphatic rings. The zero-order chi connectivity index (χ0) is 31.4. The molecule has 0 unspecified atom stereocenters. The summed E-state index contributed by atoms with van der Waals surface area (Å²) in [6, 6.07) is 10.9. The van der Waals surface area contributed by atoms with E-state index in [0.717, 1.165) is 0 Å². The number of nitrogens with zero attached hydrogens (tertiary/aromatic N) is 4. The maximum absolute atomic E-state index is 12.5. The highest BCUT2D eigenvalue weighted by molar-refractivity contribution is 6.05. The second-order valence-corrected chi connectivity index (χ2v) is 11.6. The third-order valence-electron chi connectivity index (χ3n) is 8.76. The van der Waals surface area contributed by atoms with Crippen LogP contribution in [-0.4, -0.2) is 87.3 Å². The van der Waals surface area contributed by atoms with Crippen molar-refractivity contribution in [1.29, 1.82) is 0 Å². The predicted molar refractivity (Wildman–Crippen MR) is 154 cm³/mol. The highest BCUT2D eigenvalue weighted by Crippen LogP contribution is 2.52. The lowest BCUT2D eigenvalue weighted by Gasteiger charge is -2.42. The molecular formula is C31H26N4O10. The Morgan fingerprint density at radius 2 is 1.69 bits per heavy atom. The number of phenols is 1. The normalized spacial score (nSPS) is 28.8. The van der Waals surface area contributed by atoms with Crippen LogP contribution in [0.2, 0.25) is 0 Å². The zero-order valence-electron chi connectivity index (χ0n) is 23.5. The van der Waals surface area contributed by atoms with Crippen molar-refractivity contribution < 1.29 is 49.6 Å². The average Bonchev–Trinajstić information content (AvgIpc) is 3.00. The number of aromatic nitrogens is 4. The summed E-state index contributed by atoms with van der Waals surface area (Å²) in [4.78, 5) is 31.1. The molecule has 2 bridgehead atoms. The number of aromatic carboxylic acids is 1. The Labute approximate surface area is 253 Å². The number of benzene rings is 3. The van der Waals surface area contributed by atoms with Crippen molar-refractivity contribution in [3.8, 4) is 17.2 Å². The first-order chi connectivity index (χ1) is 21.5. The van der Waals surface area contributed by atoms with E-state index in [1.807, 2.05) is 0 Å². The minimum Gasteiger partial charge on any atom is -0.506 e. The summed E-state index contributed by atoms with van der Waals surface area (Å²) in [6.07, 6.45) is -6.22. The van der Waals surface area contributed by atoms with Crippen molar-refractivity contribution in [3.63, 3.8) is 0 Å². The van der Waals surface area contributed by atoms with Crippen LogP contribution in [0.25, 0.3) is 33.1 Å². The number of fused-ring (bicyclic) bond motifs is 10. The van der Waals surface area contributed by atoms with Gasteiger partial charge in [-0.3, -0.25) is 0 Å². The van der Waals surface area contributed by atoms with Gasteiger partial charge in [0.25, 0.3) is 5.79 Å². The van der Waals surface area contributed by atoms with Gasteiger partial charge in [0.15, 0.2) is 5.75 Å². The lowest BCUT2D eigenvalue weighted by Crippen LogP contribution is -2.58. The molecule has 2 aliphatic heterocycles. The van der Waals surface area contributed by atoms with Gasteiger partial charge in [-0.15, -0.1) is 0 Å². The Morgan fingerprint density at radius 1 is 0.933 bits per heavy atom. The van der Waals surface area contributed by atoms with Crippen molar-refractivity contribution in [2.45, 2.75) is 62.2 Å². The number of carbonyl (C=O) groups is 1. The topological polar surface area (TPSA) is 218 Å². The van der Waals surface area contributed by atoms with E-state index in [4.69, 9.17) is 19.2 Å². The van der Waals surface area contributed by atoms with Crippen LogP contribution in [0.1, 0.15) is 46.6 Å². The number of carboxylic acid groups (broad SMARTS) is 1. The Morgan fingerprint density at radius 3 is 2.47 bits per heavy atom. The SMILES string of the molecule is C[C@@H]1O[C@@H](Oc2cccc3nc4c(C(=O)O)cc5c(c4nc23)[C@@H]2Cc3nc4cccc(O)c4nc3[C@@](O)(C2)O5)[C@H](O)[C@H](O)[C@H]1O. The molecular weight excluding hydrogens is 588 g/mol. The van der Waals surface area contributed by atoms with Gasteiger partial charge in [0.1, 0.15) is 52.1 Å². The fraction of sp³-hybridized carbons (Fsp3) is 0.323. The second kappa shape index (κ2) is 9.63. The summed E-state index contributed by atoms with van der Waals surface area (Å²) in [7, 11) is 0. The van der Waals surface area contributed by atoms with Crippen molar-refractivity contribution >= 4 is 39.1 Å². The molecule has 6 N–H and O–H groups in total. The van der Waals surface area contributed by atoms with Crippen molar-refractivity contribution in [3.05, 3.63) is 65.0 Å². The molecule has 0 radical (unpaired) electrons. The number of ether oxygens (including phenoxy) is 3. The fourth-order valence-corrected chi connectivity index (χ4v) is 6.56. The van der Waals surface area contributed by atoms with E-state index in [-0.39, 0.29) is 57.0 Å². The highest BCUT2D eigenvalue weighted by Gasteiger charge is 2.50. The summed E-state index contributed by atoms with van der Waals surface area (Å²) in [5, 5.41) is 63.2. The zero-order valence-corrected chi connectivity index (χ0v) is 23.5. The van der Waals surface area contributed by atoms with Gasteiger partial charge in [-0.2, -0.15) is 0 Å². The largest absolute Gasteiger partial charge is 0.506 e. The molecule has 2 aromatic heterocycles. The van der Waals surface area contributed by atoms with Gasteiger partial charge in [-0.25, -0.2) is 24.7 Å². The average molecular weight is 615 g/mol. The molecule has 0 amide bonds. The molecule has 230 valence electrons. The van der Waals surface area contributed by atoms with E-state index in [2.05, 4.69) is 15.0 Å². The smallest absolute Gasteiger partial charge is 0.338 e. The van der Waals surface area contributed by atoms with E-state index in [0.29, 0.717) is 28.7 Å². The molecule has 3 aromatic carbocycles. The minimum atomic E-state index is -1.95. The number of para-hydroxylation sites is 2. The molecule has 0 saturated carbocycles. The molecule has 4 heterocycles. The monoisotopic (exact) mass is 614 g/mol. The van der Waals surface area contributed by atoms with Crippen LogP contribution in [0, 0.1) is 0 Å². The minimum absolute atomic E-state index is 0.0559. The first-order valence-electron chi connectivity index (χ1n) is 14.3. The lowest BCUT2D eigenvalue weighted by molar-refractivity contribution is -0.267. The van der Waals surface area contributed by atoms with Crippen LogP contribution in [-0.2, 0) is 16.9 Å². The second-order valence-electron chi connectivity index (χ2n) is 11.6. The summed E-state index contributed by atoms with van der Waals surface area (Å²) in [6.45, 7) is 1.53. The number of aromatic hydroxyl groups is 1. The van der Waals surface area contributed by atoms with Gasteiger partial charge in [-0.1, -0.05) is 12.1 Å². The van der Waals surface area contributed by atoms with E-state index in [1.54, 1.807) is 30.3 Å². The number of phenolic OH excluding ortho intramolecular Hbond substituents is 1. The van der Waals surface area contributed by atoms with Crippen LogP contribution in [0.4, 0.5) is 0 Å². The Hall–Kier alpha value is -4.73. The lowest BCUT2D eigenvalue weighted by atomic mass is 9.77. The van der Waals surface area contributed by atoms with Gasteiger partial charge in [0.2, 0.25) is 6.29 Å². The molecule has 45 heavy (non-hydrogen) atoms. The van der Waals surface area contributed by atoms with Gasteiger partial charge in [0.05, 0.1) is 33.9 Å². The van der Waals surface area contributed by atoms with Crippen LogP contribution in [0.15, 0.2) is 42.5 Å². The first-order valence-corrected chi connectivity index (χ1v) is 14.3. The summed E-state index contributed by atoms with van der Waals surface area (Å²) >= 11 is 0. The standard InChI is InChI=1S/C31H26N4O10/c1-11-25(37)26(38)27(39)30(43-11)44-18-7-3-5-15-23(18)34-24-20-12-8-16-28(35-22-14(32-16)4-2-6-17(22)36)31(42,10-12)45-19(20)9-13(29(40)41)21(24)33-15/h2-7,9,11-12,25-27,30,36-39,42H,8,10H2,1H3,(H,40,41)/t11-,12+,25-,26+,27+,30-,31+/m0/s1. The number of aliphatic hydroxyl groups is 4. The van der Waals surface area contributed by atoms with Gasteiger partial charge >= 0.3 is 5.97 Å². The van der Waals surface area contributed by atoms with E-state index in [9.17, 15) is 35.4 Å². The number of carboxylic acids is 1. The molecule has 14 heteroatoms. The molecule has 5 aromatic rings. The quantitative estimate of drug-likeness (QED) is 0.159. The van der Waals surface area contributed by atoms with E-state index in [1.165, 1.54) is 19.1 Å². The van der Waals surface area contributed by atoms with E-state index < -0.39 is 48.4 Å². The molecule has 0 spiro atoms.